The van der Waals surface area contributed by atoms with Crippen LogP contribution in [0.5, 0.6) is 0 Å². The Balaban J connectivity index is 2.22. The van der Waals surface area contributed by atoms with Crippen molar-refractivity contribution in [2.24, 2.45) is 0 Å². The van der Waals surface area contributed by atoms with Crippen LogP contribution in [0.3, 0.4) is 0 Å². The number of halogens is 1. The molecule has 0 radical (unpaired) electrons. The van der Waals surface area contributed by atoms with Crippen molar-refractivity contribution in [3.63, 3.8) is 0 Å². The molecule has 0 aliphatic heterocycles. The maximum Gasteiger partial charge on any atom is 0.242 e. The molecule has 27 heavy (non-hydrogen) atoms. The van der Waals surface area contributed by atoms with Crippen LogP contribution in [0, 0.1) is 0 Å². The molecule has 0 saturated carbocycles. The number of hydrogen-bond acceptors (Lipinski definition) is 5. The molecule has 1 N–H and O–H groups in total. The third kappa shape index (κ3) is 6.02. The highest BCUT2D eigenvalue weighted by Crippen LogP contribution is 2.24. The second-order valence-corrected chi connectivity index (χ2v) is 10.7. The first kappa shape index (κ1) is 21.8. The van der Waals surface area contributed by atoms with Gasteiger partial charge >= 0.3 is 0 Å². The van der Waals surface area contributed by atoms with Gasteiger partial charge in [0.25, 0.3) is 0 Å². The number of rotatable bonds is 8. The molecule has 1 unspecified atom stereocenters. The van der Waals surface area contributed by atoms with Crippen LogP contribution in [0.2, 0.25) is 5.02 Å². The summed E-state index contributed by atoms with van der Waals surface area (Å²) < 4.78 is 51.4. The van der Waals surface area contributed by atoms with Gasteiger partial charge in [0.15, 0.2) is 9.84 Å². The Hall–Kier alpha value is -1.45. The summed E-state index contributed by atoms with van der Waals surface area (Å²) in [5.41, 5.74) is 1.09. The zero-order valence-electron chi connectivity index (χ0n) is 15.4. The van der Waals surface area contributed by atoms with Gasteiger partial charge in [0.1, 0.15) is 4.90 Å². The van der Waals surface area contributed by atoms with Gasteiger partial charge in [-0.1, -0.05) is 41.9 Å². The van der Waals surface area contributed by atoms with Crippen molar-refractivity contribution < 1.29 is 16.8 Å². The Kier molecular flexibility index (Phi) is 7.04. The fourth-order valence-electron chi connectivity index (χ4n) is 2.53. The van der Waals surface area contributed by atoms with E-state index in [-0.39, 0.29) is 27.4 Å². The molecule has 9 heteroatoms. The van der Waals surface area contributed by atoms with Crippen LogP contribution < -0.4 is 4.72 Å². The number of benzene rings is 2. The van der Waals surface area contributed by atoms with Crippen LogP contribution in [-0.2, 0) is 26.3 Å². The van der Waals surface area contributed by atoms with Gasteiger partial charge in [-0.3, -0.25) is 0 Å². The van der Waals surface area contributed by atoms with Crippen LogP contribution >= 0.6 is 11.6 Å². The maximum absolute atomic E-state index is 12.7. The average molecular weight is 431 g/mol. The first-order valence-electron chi connectivity index (χ1n) is 8.20. The summed E-state index contributed by atoms with van der Waals surface area (Å²) in [4.78, 5) is 1.59. The Morgan fingerprint density at radius 3 is 2.22 bits per heavy atom. The zero-order chi connectivity index (χ0) is 20.2. The third-order valence-corrected chi connectivity index (χ3v) is 7.19. The smallest absolute Gasteiger partial charge is 0.242 e. The Morgan fingerprint density at radius 1 is 1.04 bits per heavy atom. The normalized spacial score (nSPS) is 13.7. The van der Waals surface area contributed by atoms with E-state index in [2.05, 4.69) is 4.72 Å². The molecule has 2 aromatic rings. The second kappa shape index (κ2) is 8.70. The molecule has 6 nitrogen and oxygen atoms in total. The Labute approximate surface area is 166 Å². The quantitative estimate of drug-likeness (QED) is 0.694. The van der Waals surface area contributed by atoms with E-state index in [9.17, 15) is 16.8 Å². The number of likely N-dealkylation sites (N-methyl/N-ethyl adjacent to an activating group) is 1. The molecule has 0 spiro atoms. The lowest BCUT2D eigenvalue weighted by Crippen LogP contribution is -2.41. The van der Waals surface area contributed by atoms with Gasteiger partial charge in [-0.2, -0.15) is 0 Å². The molecule has 0 aliphatic carbocycles. The Bertz CT molecular complexity index is 991. The maximum atomic E-state index is 12.7. The number of sulfone groups is 1. The van der Waals surface area contributed by atoms with Gasteiger partial charge in [-0.15, -0.1) is 0 Å². The van der Waals surface area contributed by atoms with Gasteiger partial charge < -0.3 is 4.90 Å². The summed E-state index contributed by atoms with van der Waals surface area (Å²) in [6.45, 7) is 0.156. The fourth-order valence-corrected chi connectivity index (χ4v) is 4.85. The van der Waals surface area contributed by atoms with Crippen molar-refractivity contribution in [3.8, 4) is 0 Å². The molecule has 0 saturated heterocycles. The molecule has 0 heterocycles. The van der Waals surface area contributed by atoms with Crippen LogP contribution in [0.1, 0.15) is 5.56 Å². The van der Waals surface area contributed by atoms with E-state index >= 15 is 0 Å². The van der Waals surface area contributed by atoms with Crippen LogP contribution in [0.15, 0.2) is 58.3 Å². The summed E-state index contributed by atoms with van der Waals surface area (Å²) >= 11 is 6.01. The summed E-state index contributed by atoms with van der Waals surface area (Å²) in [6, 6.07) is 13.3. The molecular formula is C18H23ClN2O4S2. The van der Waals surface area contributed by atoms with Crippen LogP contribution in [-0.4, -0.2) is 54.7 Å². The van der Waals surface area contributed by atoms with Crippen molar-refractivity contribution in [3.05, 3.63) is 59.1 Å². The standard InChI is InChI=1S/C18H23ClN2O4S2/c1-21(2)15(11-14-7-5-4-6-8-14)13-20-27(24,25)18-12-16(26(3,22)23)9-10-17(18)19/h4-10,12,15,20H,11,13H2,1-3H3. The largest absolute Gasteiger partial charge is 0.305 e. The number of nitrogens with zero attached hydrogens (tertiary/aromatic N) is 1. The molecule has 2 rings (SSSR count). The van der Waals surface area contributed by atoms with E-state index in [1.54, 1.807) is 0 Å². The monoisotopic (exact) mass is 430 g/mol. The minimum atomic E-state index is -3.97. The predicted molar refractivity (Wildman–Crippen MR) is 107 cm³/mol. The SMILES string of the molecule is CN(C)C(CNS(=O)(=O)c1cc(S(C)(=O)=O)ccc1Cl)Cc1ccccc1. The van der Waals surface area contributed by atoms with E-state index in [1.165, 1.54) is 12.1 Å². The van der Waals surface area contributed by atoms with E-state index in [1.807, 2.05) is 49.3 Å². The highest BCUT2D eigenvalue weighted by molar-refractivity contribution is 7.91. The van der Waals surface area contributed by atoms with Gasteiger partial charge in [0.05, 0.1) is 9.92 Å². The third-order valence-electron chi connectivity index (χ3n) is 4.17. The van der Waals surface area contributed by atoms with Crippen molar-refractivity contribution in [2.45, 2.75) is 22.3 Å². The molecule has 0 fully saturated rings. The van der Waals surface area contributed by atoms with Gasteiger partial charge in [-0.05, 0) is 44.3 Å². The molecular weight excluding hydrogens is 408 g/mol. The molecule has 2 aromatic carbocycles. The molecule has 0 amide bonds. The molecule has 0 aromatic heterocycles. The first-order chi connectivity index (χ1) is 12.5. The number of sulfonamides is 1. The van der Waals surface area contributed by atoms with Crippen molar-refractivity contribution in [1.29, 1.82) is 0 Å². The summed E-state index contributed by atoms with van der Waals surface area (Å²) in [5.74, 6) is 0. The fraction of sp³-hybridized carbons (Fsp3) is 0.333. The minimum Gasteiger partial charge on any atom is -0.305 e. The predicted octanol–water partition coefficient (Wildman–Crippen LogP) is 2.19. The number of hydrogen-bond donors (Lipinski definition) is 1. The summed E-state index contributed by atoms with van der Waals surface area (Å²) in [6.07, 6.45) is 1.68. The van der Waals surface area contributed by atoms with Crippen molar-refractivity contribution >= 4 is 31.5 Å². The lowest BCUT2D eigenvalue weighted by Gasteiger charge is -2.25. The lowest BCUT2D eigenvalue weighted by atomic mass is 10.1. The highest BCUT2D eigenvalue weighted by Gasteiger charge is 2.23. The van der Waals surface area contributed by atoms with E-state index in [0.717, 1.165) is 17.9 Å². The molecule has 0 aliphatic rings. The summed E-state index contributed by atoms with van der Waals surface area (Å²) in [5, 5.41) is -0.0284. The first-order valence-corrected chi connectivity index (χ1v) is 12.0. The molecule has 0 bridgehead atoms. The van der Waals surface area contributed by atoms with Gasteiger partial charge in [0, 0.05) is 18.8 Å². The van der Waals surface area contributed by atoms with Crippen molar-refractivity contribution in [1.82, 2.24) is 9.62 Å². The second-order valence-electron chi connectivity index (χ2n) is 6.52. The lowest BCUT2D eigenvalue weighted by molar-refractivity contribution is 0.291. The summed E-state index contributed by atoms with van der Waals surface area (Å²) in [7, 11) is -3.77. The number of nitrogens with one attached hydrogen (secondary N) is 1. The zero-order valence-corrected chi connectivity index (χ0v) is 17.8. The molecule has 1 atom stereocenters. The van der Waals surface area contributed by atoms with E-state index in [4.69, 9.17) is 11.6 Å². The topological polar surface area (TPSA) is 83.6 Å². The minimum absolute atomic E-state index is 0.0284. The average Bonchev–Trinajstić information content (AvgIpc) is 2.58. The van der Waals surface area contributed by atoms with Crippen molar-refractivity contribution in [2.75, 3.05) is 26.9 Å². The van der Waals surface area contributed by atoms with E-state index < -0.39 is 19.9 Å². The van der Waals surface area contributed by atoms with Gasteiger partial charge in [0.2, 0.25) is 10.0 Å². The van der Waals surface area contributed by atoms with Crippen LogP contribution in [0.25, 0.3) is 0 Å². The molecule has 148 valence electrons. The highest BCUT2D eigenvalue weighted by atomic mass is 35.5. The van der Waals surface area contributed by atoms with Gasteiger partial charge in [-0.25, -0.2) is 21.6 Å². The Morgan fingerprint density at radius 2 is 1.67 bits per heavy atom. The van der Waals surface area contributed by atoms with E-state index in [0.29, 0.717) is 6.42 Å². The van der Waals surface area contributed by atoms with Crippen LogP contribution in [0.4, 0.5) is 0 Å².